The van der Waals surface area contributed by atoms with Crippen molar-refractivity contribution in [3.63, 3.8) is 0 Å². The van der Waals surface area contributed by atoms with Crippen molar-refractivity contribution in [3.8, 4) is 5.75 Å². The molecule has 0 radical (unpaired) electrons. The average molecular weight is 264 g/mol. The van der Waals surface area contributed by atoms with Crippen molar-refractivity contribution in [2.24, 2.45) is 11.7 Å². The smallest absolute Gasteiger partial charge is 0.220 e. The molecule has 19 heavy (non-hydrogen) atoms. The van der Waals surface area contributed by atoms with Crippen LogP contribution >= 0.6 is 0 Å². The van der Waals surface area contributed by atoms with Crippen LogP contribution in [0, 0.1) is 5.92 Å². The first-order valence-electron chi connectivity index (χ1n) is 6.75. The summed E-state index contributed by atoms with van der Waals surface area (Å²) in [7, 11) is 0. The molecule has 3 N–H and O–H groups in total. The molecule has 0 saturated carbocycles. The molecule has 0 saturated heterocycles. The van der Waals surface area contributed by atoms with Crippen LogP contribution in [-0.4, -0.2) is 18.6 Å². The summed E-state index contributed by atoms with van der Waals surface area (Å²) in [4.78, 5) is 10.6. The second kappa shape index (κ2) is 7.67. The number of hydrogen-bond acceptors (Lipinski definition) is 3. The third-order valence-electron chi connectivity index (χ3n) is 2.71. The molecule has 0 aliphatic heterocycles. The fourth-order valence-electron chi connectivity index (χ4n) is 1.97. The number of amides is 1. The van der Waals surface area contributed by atoms with Crippen LogP contribution in [0.15, 0.2) is 24.3 Å². The standard InChI is InChI=1S/C15H24N2O2/c1-11(2)10-12(3)17-13-4-6-14(7-5-13)19-9-8-15(16)18/h4-7,11-12,17H,8-10H2,1-3H3,(H2,16,18). The van der Waals surface area contributed by atoms with Gasteiger partial charge in [0.25, 0.3) is 0 Å². The van der Waals surface area contributed by atoms with E-state index >= 15 is 0 Å². The summed E-state index contributed by atoms with van der Waals surface area (Å²) in [5.74, 6) is 1.09. The van der Waals surface area contributed by atoms with Crippen LogP contribution in [0.1, 0.15) is 33.6 Å². The Balaban J connectivity index is 2.40. The molecule has 0 aliphatic carbocycles. The average Bonchev–Trinajstić information content (AvgIpc) is 2.29. The van der Waals surface area contributed by atoms with E-state index in [4.69, 9.17) is 10.5 Å². The predicted octanol–water partition coefficient (Wildman–Crippen LogP) is 2.79. The number of benzene rings is 1. The lowest BCUT2D eigenvalue weighted by Crippen LogP contribution is -2.17. The first-order valence-corrected chi connectivity index (χ1v) is 6.75. The fraction of sp³-hybridized carbons (Fsp3) is 0.533. The van der Waals surface area contributed by atoms with E-state index in [2.05, 4.69) is 26.1 Å². The van der Waals surface area contributed by atoms with Crippen LogP contribution in [0.4, 0.5) is 5.69 Å². The number of carbonyl (C=O) groups excluding carboxylic acids is 1. The van der Waals surface area contributed by atoms with E-state index < -0.39 is 0 Å². The van der Waals surface area contributed by atoms with Crippen LogP contribution in [0.3, 0.4) is 0 Å². The van der Waals surface area contributed by atoms with Gasteiger partial charge in [-0.05, 0) is 43.5 Å². The van der Waals surface area contributed by atoms with Gasteiger partial charge in [-0.2, -0.15) is 0 Å². The normalized spacial score (nSPS) is 12.2. The molecule has 0 fully saturated rings. The van der Waals surface area contributed by atoms with Crippen molar-refractivity contribution < 1.29 is 9.53 Å². The lowest BCUT2D eigenvalue weighted by Gasteiger charge is -2.17. The molecule has 4 heteroatoms. The zero-order chi connectivity index (χ0) is 14.3. The Morgan fingerprint density at radius 3 is 2.42 bits per heavy atom. The molecule has 0 aliphatic rings. The quantitative estimate of drug-likeness (QED) is 0.759. The number of nitrogens with one attached hydrogen (secondary N) is 1. The predicted molar refractivity (Wildman–Crippen MR) is 78.3 cm³/mol. The van der Waals surface area contributed by atoms with Gasteiger partial charge in [0.15, 0.2) is 0 Å². The molecule has 0 aromatic heterocycles. The van der Waals surface area contributed by atoms with E-state index in [0.717, 1.165) is 17.9 Å². The minimum absolute atomic E-state index is 0.241. The Hall–Kier alpha value is -1.71. The number of primary amides is 1. The Labute approximate surface area is 115 Å². The Kier molecular flexibility index (Phi) is 6.19. The third-order valence-corrected chi connectivity index (χ3v) is 2.71. The molecule has 106 valence electrons. The maximum Gasteiger partial charge on any atom is 0.220 e. The zero-order valence-corrected chi connectivity index (χ0v) is 12.0. The summed E-state index contributed by atoms with van der Waals surface area (Å²) in [5.41, 5.74) is 6.13. The summed E-state index contributed by atoms with van der Waals surface area (Å²) in [6.45, 7) is 6.94. The number of carbonyl (C=O) groups is 1. The molecule has 0 spiro atoms. The van der Waals surface area contributed by atoms with Crippen LogP contribution in [-0.2, 0) is 4.79 Å². The fourth-order valence-corrected chi connectivity index (χ4v) is 1.97. The van der Waals surface area contributed by atoms with E-state index in [-0.39, 0.29) is 12.3 Å². The highest BCUT2D eigenvalue weighted by Crippen LogP contribution is 2.18. The van der Waals surface area contributed by atoms with Crippen molar-refractivity contribution in [1.29, 1.82) is 0 Å². The van der Waals surface area contributed by atoms with Gasteiger partial charge in [0.1, 0.15) is 5.75 Å². The summed E-state index contributed by atoms with van der Waals surface area (Å²) in [6, 6.07) is 8.20. The van der Waals surface area contributed by atoms with Crippen molar-refractivity contribution in [2.75, 3.05) is 11.9 Å². The molecule has 0 heterocycles. The summed E-state index contributed by atoms with van der Waals surface area (Å²) in [6.07, 6.45) is 1.38. The van der Waals surface area contributed by atoms with E-state index in [9.17, 15) is 4.79 Å². The molecule has 1 rings (SSSR count). The van der Waals surface area contributed by atoms with E-state index in [1.807, 2.05) is 24.3 Å². The van der Waals surface area contributed by atoms with Crippen molar-refractivity contribution in [2.45, 2.75) is 39.7 Å². The minimum atomic E-state index is -0.346. The number of hydrogen-bond donors (Lipinski definition) is 2. The molecule has 1 aromatic rings. The topological polar surface area (TPSA) is 64.3 Å². The van der Waals surface area contributed by atoms with Crippen molar-refractivity contribution in [3.05, 3.63) is 24.3 Å². The van der Waals surface area contributed by atoms with Crippen LogP contribution < -0.4 is 15.8 Å². The van der Waals surface area contributed by atoms with E-state index in [1.54, 1.807) is 0 Å². The van der Waals surface area contributed by atoms with Gasteiger partial charge in [-0.25, -0.2) is 0 Å². The van der Waals surface area contributed by atoms with Crippen molar-refractivity contribution >= 4 is 11.6 Å². The highest BCUT2D eigenvalue weighted by molar-refractivity contribution is 5.73. The summed E-state index contributed by atoms with van der Waals surface area (Å²) < 4.78 is 5.41. The third kappa shape index (κ3) is 6.70. The lowest BCUT2D eigenvalue weighted by molar-refractivity contribution is -0.118. The van der Waals surface area contributed by atoms with Gasteiger partial charge in [-0.15, -0.1) is 0 Å². The van der Waals surface area contributed by atoms with Crippen molar-refractivity contribution in [1.82, 2.24) is 0 Å². The molecule has 1 aromatic carbocycles. The Morgan fingerprint density at radius 1 is 1.26 bits per heavy atom. The van der Waals surface area contributed by atoms with Gasteiger partial charge < -0.3 is 15.8 Å². The first-order chi connectivity index (χ1) is 8.97. The number of anilines is 1. The molecular formula is C15H24N2O2. The van der Waals surface area contributed by atoms with Gasteiger partial charge in [0.2, 0.25) is 5.91 Å². The van der Waals surface area contributed by atoms with Crippen LogP contribution in [0.25, 0.3) is 0 Å². The Bertz CT molecular complexity index is 388. The highest BCUT2D eigenvalue weighted by atomic mass is 16.5. The zero-order valence-electron chi connectivity index (χ0n) is 12.0. The van der Waals surface area contributed by atoms with Gasteiger partial charge in [-0.3, -0.25) is 4.79 Å². The highest BCUT2D eigenvalue weighted by Gasteiger charge is 2.05. The Morgan fingerprint density at radius 2 is 1.89 bits per heavy atom. The second-order valence-electron chi connectivity index (χ2n) is 5.26. The van der Waals surface area contributed by atoms with Gasteiger partial charge in [0.05, 0.1) is 13.0 Å². The molecule has 1 atom stereocenters. The minimum Gasteiger partial charge on any atom is -0.493 e. The second-order valence-corrected chi connectivity index (χ2v) is 5.26. The number of rotatable bonds is 8. The largest absolute Gasteiger partial charge is 0.493 e. The summed E-state index contributed by atoms with van der Waals surface area (Å²) in [5, 5.41) is 3.45. The monoisotopic (exact) mass is 264 g/mol. The van der Waals surface area contributed by atoms with E-state index in [1.165, 1.54) is 0 Å². The number of nitrogens with two attached hydrogens (primary N) is 1. The molecule has 1 unspecified atom stereocenters. The summed E-state index contributed by atoms with van der Waals surface area (Å²) >= 11 is 0. The van der Waals surface area contributed by atoms with Gasteiger partial charge in [0, 0.05) is 11.7 Å². The van der Waals surface area contributed by atoms with Crippen LogP contribution in [0.2, 0.25) is 0 Å². The van der Waals surface area contributed by atoms with Crippen LogP contribution in [0.5, 0.6) is 5.75 Å². The van der Waals surface area contributed by atoms with Gasteiger partial charge >= 0.3 is 0 Å². The van der Waals surface area contributed by atoms with E-state index in [0.29, 0.717) is 18.6 Å². The molecule has 1 amide bonds. The molecule has 4 nitrogen and oxygen atoms in total. The maximum absolute atomic E-state index is 10.6. The van der Waals surface area contributed by atoms with Gasteiger partial charge in [-0.1, -0.05) is 13.8 Å². The number of ether oxygens (including phenoxy) is 1. The maximum atomic E-state index is 10.6. The lowest BCUT2D eigenvalue weighted by atomic mass is 10.1. The molecular weight excluding hydrogens is 240 g/mol. The molecule has 0 bridgehead atoms. The SMILES string of the molecule is CC(C)CC(C)Nc1ccc(OCCC(N)=O)cc1. The first kappa shape index (κ1) is 15.3.